The van der Waals surface area contributed by atoms with Crippen molar-refractivity contribution in [3.05, 3.63) is 101 Å². The quantitative estimate of drug-likeness (QED) is 0.279. The van der Waals surface area contributed by atoms with E-state index in [0.717, 1.165) is 34.3 Å². The van der Waals surface area contributed by atoms with E-state index in [1.165, 1.54) is 29.2 Å². The van der Waals surface area contributed by atoms with Gasteiger partial charge in [-0.3, -0.25) is 13.9 Å². The number of nitrogens with zero attached hydrogens (tertiary/aromatic N) is 2. The van der Waals surface area contributed by atoms with Crippen molar-refractivity contribution >= 4 is 27.5 Å². The summed E-state index contributed by atoms with van der Waals surface area (Å²) in [5.74, 6) is -3.34. The Morgan fingerprint density at radius 1 is 0.881 bits per heavy atom. The van der Waals surface area contributed by atoms with Crippen LogP contribution in [0.2, 0.25) is 0 Å². The molecule has 0 spiro atoms. The van der Waals surface area contributed by atoms with Gasteiger partial charge in [-0.1, -0.05) is 56.3 Å². The fraction of sp³-hybridized carbons (Fsp3) is 0.355. The normalized spacial score (nSPS) is 12.2. The highest BCUT2D eigenvalue weighted by atomic mass is 32.2. The fourth-order valence-corrected chi connectivity index (χ4v) is 5.36. The summed E-state index contributed by atoms with van der Waals surface area (Å²) < 4.78 is 66.8. The Morgan fingerprint density at radius 3 is 2.14 bits per heavy atom. The van der Waals surface area contributed by atoms with Crippen LogP contribution < -0.4 is 9.62 Å². The number of sulfonamides is 1. The van der Waals surface area contributed by atoms with Gasteiger partial charge in [0, 0.05) is 38.5 Å². The third-order valence-electron chi connectivity index (χ3n) is 6.57. The van der Waals surface area contributed by atoms with E-state index >= 15 is 0 Å². The fourth-order valence-electron chi connectivity index (χ4n) is 4.41. The number of carbonyl (C=O) groups is 2. The highest BCUT2D eigenvalue weighted by Crippen LogP contribution is 2.22. The minimum absolute atomic E-state index is 0.0185. The van der Waals surface area contributed by atoms with Crippen LogP contribution in [0.5, 0.6) is 0 Å². The molecule has 1 N–H and O–H groups in total. The number of halogens is 3. The zero-order chi connectivity index (χ0) is 30.9. The molecule has 0 fully saturated rings. The summed E-state index contributed by atoms with van der Waals surface area (Å²) in [6, 6.07) is 16.7. The molecule has 0 heterocycles. The molecular weight excluding hydrogens is 567 g/mol. The lowest BCUT2D eigenvalue weighted by atomic mass is 10.0. The monoisotopic (exact) mass is 603 g/mol. The van der Waals surface area contributed by atoms with Gasteiger partial charge in [-0.15, -0.1) is 0 Å². The molecule has 0 bridgehead atoms. The molecule has 0 saturated carbocycles. The van der Waals surface area contributed by atoms with E-state index in [0.29, 0.717) is 12.1 Å². The van der Waals surface area contributed by atoms with Crippen LogP contribution in [0.4, 0.5) is 18.9 Å². The van der Waals surface area contributed by atoms with Gasteiger partial charge >= 0.3 is 0 Å². The molecule has 0 unspecified atom stereocenters. The molecule has 0 saturated heterocycles. The lowest BCUT2D eigenvalue weighted by Gasteiger charge is -2.32. The predicted octanol–water partition coefficient (Wildman–Crippen LogP) is 5.06. The second-order valence-electron chi connectivity index (χ2n) is 10.5. The van der Waals surface area contributed by atoms with Crippen molar-refractivity contribution < 1.29 is 31.2 Å². The minimum atomic E-state index is -3.88. The van der Waals surface area contributed by atoms with Crippen LogP contribution in [0.3, 0.4) is 0 Å². The van der Waals surface area contributed by atoms with Gasteiger partial charge in [0.05, 0.1) is 11.9 Å². The first-order valence-electron chi connectivity index (χ1n) is 13.6. The van der Waals surface area contributed by atoms with Gasteiger partial charge in [0.1, 0.15) is 11.9 Å². The molecule has 42 heavy (non-hydrogen) atoms. The lowest BCUT2D eigenvalue weighted by molar-refractivity contribution is -0.141. The Kier molecular flexibility index (Phi) is 11.6. The average Bonchev–Trinajstić information content (AvgIpc) is 2.94. The van der Waals surface area contributed by atoms with E-state index in [4.69, 9.17) is 0 Å². The molecule has 0 aromatic heterocycles. The molecule has 2 amide bonds. The Labute approximate surface area is 245 Å². The highest BCUT2D eigenvalue weighted by Gasteiger charge is 2.30. The predicted molar refractivity (Wildman–Crippen MR) is 157 cm³/mol. The molecule has 3 rings (SSSR count). The topological polar surface area (TPSA) is 86.8 Å². The number of anilines is 1. The van der Waals surface area contributed by atoms with Gasteiger partial charge in [-0.2, -0.15) is 0 Å². The molecule has 0 radical (unpaired) electrons. The molecule has 1 atom stereocenters. The van der Waals surface area contributed by atoms with Crippen LogP contribution in [-0.2, 0) is 32.6 Å². The first-order valence-corrected chi connectivity index (χ1v) is 15.5. The SMILES string of the molecule is CC(C)CNC(=O)[C@H](Cc1ccccc1)N(Cc1ccc(F)cc1)C(=O)CCCN(c1ccc(F)c(F)c1)S(C)(=O)=O. The molecule has 3 aromatic carbocycles. The van der Waals surface area contributed by atoms with Crippen molar-refractivity contribution in [3.8, 4) is 0 Å². The van der Waals surface area contributed by atoms with Crippen LogP contribution in [0.25, 0.3) is 0 Å². The number of rotatable bonds is 14. The number of carbonyl (C=O) groups excluding carboxylic acids is 2. The molecule has 3 aromatic rings. The Balaban J connectivity index is 1.88. The Hall–Kier alpha value is -3.86. The van der Waals surface area contributed by atoms with Crippen LogP contribution in [0.15, 0.2) is 72.8 Å². The zero-order valence-electron chi connectivity index (χ0n) is 23.9. The van der Waals surface area contributed by atoms with Gasteiger partial charge in [0.25, 0.3) is 0 Å². The van der Waals surface area contributed by atoms with Crippen molar-refractivity contribution in [1.82, 2.24) is 10.2 Å². The zero-order valence-corrected chi connectivity index (χ0v) is 24.7. The molecule has 0 aliphatic heterocycles. The summed E-state index contributed by atoms with van der Waals surface area (Å²) in [5.41, 5.74) is 1.38. The number of nitrogens with one attached hydrogen (secondary N) is 1. The molecular formula is C31H36F3N3O4S. The number of hydrogen-bond donors (Lipinski definition) is 1. The van der Waals surface area contributed by atoms with Gasteiger partial charge in [-0.25, -0.2) is 21.6 Å². The van der Waals surface area contributed by atoms with E-state index in [-0.39, 0.29) is 49.9 Å². The highest BCUT2D eigenvalue weighted by molar-refractivity contribution is 7.92. The third kappa shape index (κ3) is 9.61. The van der Waals surface area contributed by atoms with Crippen molar-refractivity contribution in [2.75, 3.05) is 23.7 Å². The first kappa shape index (κ1) is 32.7. The standard InChI is InChI=1S/C31H36F3N3O4S/c1-22(2)20-35-31(39)29(18-23-8-5-4-6-9-23)36(21-24-11-13-25(32)14-12-24)30(38)10-7-17-37(42(3,40)41)26-15-16-27(33)28(34)19-26/h4-6,8-9,11-16,19,22,29H,7,10,17-18,20-21H2,1-3H3,(H,35,39)/t29-/m0/s1. The Morgan fingerprint density at radius 2 is 1.55 bits per heavy atom. The van der Waals surface area contributed by atoms with E-state index in [1.807, 2.05) is 44.2 Å². The number of amides is 2. The maximum absolute atomic E-state index is 13.9. The summed E-state index contributed by atoms with van der Waals surface area (Å²) >= 11 is 0. The largest absolute Gasteiger partial charge is 0.354 e. The van der Waals surface area contributed by atoms with Crippen molar-refractivity contribution in [3.63, 3.8) is 0 Å². The lowest BCUT2D eigenvalue weighted by Crippen LogP contribution is -2.51. The Bertz CT molecular complexity index is 1450. The molecule has 0 aliphatic rings. The summed E-state index contributed by atoms with van der Waals surface area (Å²) in [7, 11) is -3.88. The summed E-state index contributed by atoms with van der Waals surface area (Å²) in [4.78, 5) is 28.7. The molecule has 0 aliphatic carbocycles. The second-order valence-corrected chi connectivity index (χ2v) is 12.4. The molecule has 11 heteroatoms. The number of benzene rings is 3. The smallest absolute Gasteiger partial charge is 0.243 e. The third-order valence-corrected chi connectivity index (χ3v) is 7.76. The van der Waals surface area contributed by atoms with Gasteiger partial charge in [0.15, 0.2) is 11.6 Å². The van der Waals surface area contributed by atoms with Crippen molar-refractivity contribution in [2.45, 2.75) is 45.7 Å². The van der Waals surface area contributed by atoms with Crippen molar-refractivity contribution in [1.29, 1.82) is 0 Å². The van der Waals surface area contributed by atoms with Gasteiger partial charge in [0.2, 0.25) is 21.8 Å². The van der Waals surface area contributed by atoms with Crippen LogP contribution in [0.1, 0.15) is 37.8 Å². The summed E-state index contributed by atoms with van der Waals surface area (Å²) in [5, 5.41) is 2.91. The maximum Gasteiger partial charge on any atom is 0.243 e. The second kappa shape index (κ2) is 14.9. The molecule has 226 valence electrons. The first-order chi connectivity index (χ1) is 19.8. The van der Waals surface area contributed by atoms with Gasteiger partial charge in [-0.05, 0) is 47.7 Å². The maximum atomic E-state index is 13.9. The van der Waals surface area contributed by atoms with E-state index in [1.54, 1.807) is 0 Å². The van der Waals surface area contributed by atoms with Crippen LogP contribution >= 0.6 is 0 Å². The van der Waals surface area contributed by atoms with E-state index in [2.05, 4.69) is 5.32 Å². The average molecular weight is 604 g/mol. The van der Waals surface area contributed by atoms with Crippen LogP contribution in [0, 0.1) is 23.4 Å². The van der Waals surface area contributed by atoms with E-state index in [9.17, 15) is 31.2 Å². The van der Waals surface area contributed by atoms with Crippen molar-refractivity contribution in [2.24, 2.45) is 5.92 Å². The molecule has 7 nitrogen and oxygen atoms in total. The van der Waals surface area contributed by atoms with Gasteiger partial charge < -0.3 is 10.2 Å². The minimum Gasteiger partial charge on any atom is -0.354 e. The number of hydrogen-bond acceptors (Lipinski definition) is 4. The summed E-state index contributed by atoms with van der Waals surface area (Å²) in [6.07, 6.45) is 1.06. The van der Waals surface area contributed by atoms with E-state index < -0.39 is 39.4 Å². The van der Waals surface area contributed by atoms with Crippen LogP contribution in [-0.4, -0.2) is 50.5 Å². The summed E-state index contributed by atoms with van der Waals surface area (Å²) in [6.45, 7) is 4.15.